The molecule has 1 rings (SSSR count). The smallest absolute Gasteiger partial charge is 0.119 e. The topological polar surface area (TPSA) is 30.5 Å². The molecule has 1 N–H and O–H groups in total. The van der Waals surface area contributed by atoms with Crippen LogP contribution in [0.5, 0.6) is 5.75 Å². The van der Waals surface area contributed by atoms with Crippen LogP contribution < -0.4 is 10.1 Å². The molecule has 0 aliphatic carbocycles. The van der Waals surface area contributed by atoms with E-state index < -0.39 is 0 Å². The van der Waals surface area contributed by atoms with E-state index in [9.17, 15) is 0 Å². The van der Waals surface area contributed by atoms with Crippen LogP contribution in [-0.4, -0.2) is 32.4 Å². The molecule has 1 aromatic carbocycles. The van der Waals surface area contributed by atoms with Crippen molar-refractivity contribution in [2.45, 2.75) is 45.8 Å². The molecule has 0 aliphatic heterocycles. The molecule has 108 valence electrons. The van der Waals surface area contributed by atoms with Gasteiger partial charge in [0.1, 0.15) is 5.75 Å². The molecule has 19 heavy (non-hydrogen) atoms. The van der Waals surface area contributed by atoms with Crippen LogP contribution in [0.15, 0.2) is 24.3 Å². The molecule has 3 heteroatoms. The van der Waals surface area contributed by atoms with Crippen molar-refractivity contribution >= 4 is 0 Å². The highest BCUT2D eigenvalue weighted by Gasteiger charge is 2.17. The third-order valence-electron chi connectivity index (χ3n) is 3.24. The van der Waals surface area contributed by atoms with Gasteiger partial charge in [-0.3, -0.25) is 0 Å². The Morgan fingerprint density at radius 2 is 2.05 bits per heavy atom. The molecule has 0 saturated heterocycles. The molecule has 0 saturated carbocycles. The maximum Gasteiger partial charge on any atom is 0.119 e. The van der Waals surface area contributed by atoms with Crippen LogP contribution in [0.2, 0.25) is 0 Å². The zero-order valence-corrected chi connectivity index (χ0v) is 12.6. The fourth-order valence-corrected chi connectivity index (χ4v) is 2.17. The maximum atomic E-state index is 5.74. The molecule has 0 amide bonds. The van der Waals surface area contributed by atoms with Crippen LogP contribution in [0.4, 0.5) is 0 Å². The number of hydrogen-bond acceptors (Lipinski definition) is 3. The van der Waals surface area contributed by atoms with E-state index in [1.54, 1.807) is 7.11 Å². The summed E-state index contributed by atoms with van der Waals surface area (Å²) in [7, 11) is 1.70. The fourth-order valence-electron chi connectivity index (χ4n) is 2.17. The molecule has 0 fully saturated rings. The highest BCUT2D eigenvalue weighted by atomic mass is 16.5. The summed E-state index contributed by atoms with van der Waals surface area (Å²) in [6.45, 7) is 8.13. The average molecular weight is 265 g/mol. The van der Waals surface area contributed by atoms with Crippen molar-refractivity contribution in [2.24, 2.45) is 0 Å². The zero-order chi connectivity index (χ0) is 14.1. The molecule has 0 spiro atoms. The molecule has 0 radical (unpaired) electrons. The Labute approximate surface area is 117 Å². The van der Waals surface area contributed by atoms with Gasteiger partial charge in [0.25, 0.3) is 0 Å². The van der Waals surface area contributed by atoms with Crippen LogP contribution in [0.25, 0.3) is 0 Å². The third-order valence-corrected chi connectivity index (χ3v) is 3.24. The predicted molar refractivity (Wildman–Crippen MR) is 79.9 cm³/mol. The van der Waals surface area contributed by atoms with Crippen molar-refractivity contribution < 1.29 is 9.47 Å². The van der Waals surface area contributed by atoms with E-state index in [4.69, 9.17) is 9.47 Å². The van der Waals surface area contributed by atoms with Crippen molar-refractivity contribution in [2.75, 3.05) is 20.3 Å². The first-order chi connectivity index (χ1) is 9.21. The first-order valence-corrected chi connectivity index (χ1v) is 7.19. The van der Waals surface area contributed by atoms with E-state index in [1.165, 1.54) is 5.56 Å². The summed E-state index contributed by atoms with van der Waals surface area (Å²) < 4.78 is 11.0. The van der Waals surface area contributed by atoms with Gasteiger partial charge in [-0.15, -0.1) is 0 Å². The molecule has 3 nitrogen and oxygen atoms in total. The monoisotopic (exact) mass is 265 g/mol. The molecule has 0 bridgehead atoms. The van der Waals surface area contributed by atoms with Crippen molar-refractivity contribution in [3.63, 3.8) is 0 Å². The molecule has 2 atom stereocenters. The van der Waals surface area contributed by atoms with E-state index in [0.29, 0.717) is 6.04 Å². The zero-order valence-electron chi connectivity index (χ0n) is 12.6. The quantitative estimate of drug-likeness (QED) is 0.744. The third kappa shape index (κ3) is 5.62. The van der Waals surface area contributed by atoms with Gasteiger partial charge in [-0.1, -0.05) is 19.1 Å². The second kappa shape index (κ2) is 8.94. The second-order valence-corrected chi connectivity index (χ2v) is 4.78. The molecule has 2 unspecified atom stereocenters. The Morgan fingerprint density at radius 3 is 2.68 bits per heavy atom. The molecule has 0 heterocycles. The minimum absolute atomic E-state index is 0.211. The molecular weight excluding hydrogens is 238 g/mol. The minimum atomic E-state index is 0.211. The van der Waals surface area contributed by atoms with E-state index in [-0.39, 0.29) is 6.10 Å². The standard InChI is InChI=1S/C16H27NO2/c1-5-10-17-16(13(3)19-6-2)12-14-8-7-9-15(11-14)18-4/h7-9,11,13,16-17H,5-6,10,12H2,1-4H3. The van der Waals surface area contributed by atoms with Gasteiger partial charge in [0.2, 0.25) is 0 Å². The molecular formula is C16H27NO2. The number of methoxy groups -OCH3 is 1. The van der Waals surface area contributed by atoms with E-state index in [1.807, 2.05) is 19.1 Å². The van der Waals surface area contributed by atoms with Crippen molar-refractivity contribution in [3.8, 4) is 5.75 Å². The van der Waals surface area contributed by atoms with Crippen LogP contribution in [0.1, 0.15) is 32.8 Å². The Hall–Kier alpha value is -1.06. The lowest BCUT2D eigenvalue weighted by molar-refractivity contribution is 0.0476. The summed E-state index contributed by atoms with van der Waals surface area (Å²) in [5.41, 5.74) is 1.28. The number of nitrogens with one attached hydrogen (secondary N) is 1. The van der Waals surface area contributed by atoms with Crippen LogP contribution in [0.3, 0.4) is 0 Å². The first kappa shape index (κ1) is 16.0. The van der Waals surface area contributed by atoms with Crippen molar-refractivity contribution in [1.29, 1.82) is 0 Å². The Balaban J connectivity index is 2.68. The lowest BCUT2D eigenvalue weighted by atomic mass is 10.0. The summed E-state index contributed by atoms with van der Waals surface area (Å²) in [5, 5.41) is 3.57. The number of rotatable bonds is 9. The van der Waals surface area contributed by atoms with Gasteiger partial charge >= 0.3 is 0 Å². The highest BCUT2D eigenvalue weighted by molar-refractivity contribution is 5.29. The van der Waals surface area contributed by atoms with Gasteiger partial charge in [-0.05, 0) is 50.9 Å². The molecule has 1 aromatic rings. The lowest BCUT2D eigenvalue weighted by Crippen LogP contribution is -2.42. The first-order valence-electron chi connectivity index (χ1n) is 7.19. The van der Waals surface area contributed by atoms with E-state index in [0.717, 1.165) is 31.7 Å². The van der Waals surface area contributed by atoms with Crippen molar-refractivity contribution in [1.82, 2.24) is 5.32 Å². The van der Waals surface area contributed by atoms with Gasteiger partial charge in [0.15, 0.2) is 0 Å². The van der Waals surface area contributed by atoms with E-state index >= 15 is 0 Å². The minimum Gasteiger partial charge on any atom is -0.497 e. The molecule has 0 aliphatic rings. The normalized spacial score (nSPS) is 14.1. The Bertz CT molecular complexity index is 354. The van der Waals surface area contributed by atoms with Gasteiger partial charge < -0.3 is 14.8 Å². The summed E-state index contributed by atoms with van der Waals surface area (Å²) in [5.74, 6) is 0.913. The number of hydrogen-bond donors (Lipinski definition) is 1. The van der Waals surface area contributed by atoms with Gasteiger partial charge in [0.05, 0.1) is 13.2 Å². The lowest BCUT2D eigenvalue weighted by Gasteiger charge is -2.25. The number of ether oxygens (including phenoxy) is 2. The largest absolute Gasteiger partial charge is 0.497 e. The maximum absolute atomic E-state index is 5.74. The molecule has 0 aromatic heterocycles. The van der Waals surface area contributed by atoms with E-state index in [2.05, 4.69) is 31.3 Å². The number of benzene rings is 1. The second-order valence-electron chi connectivity index (χ2n) is 4.78. The van der Waals surface area contributed by atoms with Gasteiger partial charge in [-0.25, -0.2) is 0 Å². The van der Waals surface area contributed by atoms with Crippen LogP contribution in [0, 0.1) is 0 Å². The SMILES string of the molecule is CCCNC(Cc1cccc(OC)c1)C(C)OCC. The van der Waals surface area contributed by atoms with Crippen LogP contribution in [-0.2, 0) is 11.2 Å². The highest BCUT2D eigenvalue weighted by Crippen LogP contribution is 2.15. The summed E-state index contributed by atoms with van der Waals surface area (Å²) >= 11 is 0. The Kier molecular flexibility index (Phi) is 7.53. The summed E-state index contributed by atoms with van der Waals surface area (Å²) in [4.78, 5) is 0. The van der Waals surface area contributed by atoms with Gasteiger partial charge in [0, 0.05) is 12.6 Å². The Morgan fingerprint density at radius 1 is 1.26 bits per heavy atom. The van der Waals surface area contributed by atoms with Crippen LogP contribution >= 0.6 is 0 Å². The summed E-state index contributed by atoms with van der Waals surface area (Å²) in [6.07, 6.45) is 2.30. The van der Waals surface area contributed by atoms with Crippen molar-refractivity contribution in [3.05, 3.63) is 29.8 Å². The predicted octanol–water partition coefficient (Wildman–Crippen LogP) is 3.03. The fraction of sp³-hybridized carbons (Fsp3) is 0.625. The average Bonchev–Trinajstić information content (AvgIpc) is 2.43. The summed E-state index contributed by atoms with van der Waals surface area (Å²) in [6, 6.07) is 8.59. The van der Waals surface area contributed by atoms with Gasteiger partial charge in [-0.2, -0.15) is 0 Å².